The van der Waals surface area contributed by atoms with Crippen LogP contribution in [-0.4, -0.2) is 56.8 Å². The molecule has 24 heavy (non-hydrogen) atoms. The van der Waals surface area contributed by atoms with E-state index in [-0.39, 0.29) is 5.82 Å². The van der Waals surface area contributed by atoms with E-state index in [0.717, 1.165) is 44.4 Å². The third kappa shape index (κ3) is 5.76. The summed E-state index contributed by atoms with van der Waals surface area (Å²) in [6.45, 7) is 9.51. The molecule has 0 amide bonds. The van der Waals surface area contributed by atoms with Gasteiger partial charge in [0.25, 0.3) is 0 Å². The fourth-order valence-electron chi connectivity index (χ4n) is 2.91. The van der Waals surface area contributed by atoms with Gasteiger partial charge in [0.2, 0.25) is 0 Å². The van der Waals surface area contributed by atoms with Gasteiger partial charge in [-0.25, -0.2) is 4.39 Å². The predicted octanol–water partition coefficient (Wildman–Crippen LogP) is 1.85. The number of aliphatic imine (C=N–C) groups is 1. The summed E-state index contributed by atoms with van der Waals surface area (Å²) >= 11 is 0. The SMILES string of the molecule is CN=C(NCc1ccc(F)cc1)NCC(C(C)C)N1CCOCC1. The Bertz CT molecular complexity index is 512. The van der Waals surface area contributed by atoms with Crippen LogP contribution >= 0.6 is 0 Å². The van der Waals surface area contributed by atoms with E-state index in [4.69, 9.17) is 4.74 Å². The maximum Gasteiger partial charge on any atom is 0.191 e. The second kappa shape index (κ2) is 9.59. The fourth-order valence-corrected chi connectivity index (χ4v) is 2.91. The van der Waals surface area contributed by atoms with Crippen molar-refractivity contribution in [1.82, 2.24) is 15.5 Å². The van der Waals surface area contributed by atoms with Crippen molar-refractivity contribution in [2.75, 3.05) is 39.9 Å². The van der Waals surface area contributed by atoms with Crippen LogP contribution in [0.1, 0.15) is 19.4 Å². The maximum atomic E-state index is 12.9. The zero-order valence-corrected chi connectivity index (χ0v) is 14.9. The summed E-state index contributed by atoms with van der Waals surface area (Å²) in [4.78, 5) is 6.75. The molecule has 1 aliphatic heterocycles. The number of nitrogens with one attached hydrogen (secondary N) is 2. The summed E-state index contributed by atoms with van der Waals surface area (Å²) in [5, 5.41) is 6.69. The first kappa shape index (κ1) is 18.7. The summed E-state index contributed by atoms with van der Waals surface area (Å²) in [6, 6.07) is 6.94. The standard InChI is InChI=1S/C18H29FN4O/c1-14(2)17(23-8-10-24-11-9-23)13-22-18(20-3)21-12-15-4-6-16(19)7-5-15/h4-7,14,17H,8-13H2,1-3H3,(H2,20,21,22). The lowest BCUT2D eigenvalue weighted by Crippen LogP contribution is -2.52. The molecule has 2 rings (SSSR count). The summed E-state index contributed by atoms with van der Waals surface area (Å²) in [5.41, 5.74) is 1.02. The van der Waals surface area contributed by atoms with E-state index in [0.29, 0.717) is 18.5 Å². The smallest absolute Gasteiger partial charge is 0.191 e. The average Bonchev–Trinajstić information content (AvgIpc) is 2.60. The van der Waals surface area contributed by atoms with Crippen molar-refractivity contribution in [3.63, 3.8) is 0 Å². The zero-order chi connectivity index (χ0) is 17.4. The van der Waals surface area contributed by atoms with Gasteiger partial charge in [0.1, 0.15) is 5.82 Å². The Hall–Kier alpha value is -1.66. The minimum Gasteiger partial charge on any atom is -0.379 e. The quantitative estimate of drug-likeness (QED) is 0.615. The Morgan fingerprint density at radius 2 is 1.88 bits per heavy atom. The maximum absolute atomic E-state index is 12.9. The molecule has 0 saturated carbocycles. The van der Waals surface area contributed by atoms with E-state index in [1.807, 2.05) is 0 Å². The zero-order valence-electron chi connectivity index (χ0n) is 14.9. The van der Waals surface area contributed by atoms with E-state index in [1.54, 1.807) is 19.2 Å². The van der Waals surface area contributed by atoms with Gasteiger partial charge in [-0.2, -0.15) is 0 Å². The number of guanidine groups is 1. The number of benzene rings is 1. The largest absolute Gasteiger partial charge is 0.379 e. The molecule has 0 aliphatic carbocycles. The molecular weight excluding hydrogens is 307 g/mol. The first-order valence-electron chi connectivity index (χ1n) is 8.61. The van der Waals surface area contributed by atoms with Crippen molar-refractivity contribution in [3.05, 3.63) is 35.6 Å². The molecule has 0 aromatic heterocycles. The monoisotopic (exact) mass is 336 g/mol. The van der Waals surface area contributed by atoms with Crippen molar-refractivity contribution in [1.29, 1.82) is 0 Å². The van der Waals surface area contributed by atoms with Gasteiger partial charge in [0.05, 0.1) is 13.2 Å². The minimum absolute atomic E-state index is 0.216. The second-order valence-corrected chi connectivity index (χ2v) is 6.39. The molecule has 2 N–H and O–H groups in total. The Labute approximate surface area is 144 Å². The first-order chi connectivity index (χ1) is 11.6. The highest BCUT2D eigenvalue weighted by atomic mass is 19.1. The van der Waals surface area contributed by atoms with Crippen LogP contribution in [0, 0.1) is 11.7 Å². The van der Waals surface area contributed by atoms with Gasteiger partial charge in [-0.3, -0.25) is 9.89 Å². The molecule has 134 valence electrons. The van der Waals surface area contributed by atoms with Crippen LogP contribution in [0.15, 0.2) is 29.3 Å². The van der Waals surface area contributed by atoms with Crippen molar-refractivity contribution in [2.45, 2.75) is 26.4 Å². The predicted molar refractivity (Wildman–Crippen MR) is 95.6 cm³/mol. The first-order valence-corrected chi connectivity index (χ1v) is 8.61. The lowest BCUT2D eigenvalue weighted by molar-refractivity contribution is 0.00752. The van der Waals surface area contributed by atoms with Gasteiger partial charge in [0, 0.05) is 39.3 Å². The number of nitrogens with zero attached hydrogens (tertiary/aromatic N) is 2. The number of morpholine rings is 1. The normalized spacial score (nSPS) is 17.8. The van der Waals surface area contributed by atoms with E-state index < -0.39 is 0 Å². The van der Waals surface area contributed by atoms with E-state index in [1.165, 1.54) is 12.1 Å². The van der Waals surface area contributed by atoms with Crippen molar-refractivity contribution in [3.8, 4) is 0 Å². The fraction of sp³-hybridized carbons (Fsp3) is 0.611. The second-order valence-electron chi connectivity index (χ2n) is 6.39. The number of hydrogen-bond donors (Lipinski definition) is 2. The molecule has 1 aromatic carbocycles. The van der Waals surface area contributed by atoms with E-state index in [9.17, 15) is 4.39 Å². The lowest BCUT2D eigenvalue weighted by Gasteiger charge is -2.37. The molecule has 1 unspecified atom stereocenters. The molecule has 1 atom stereocenters. The molecule has 1 saturated heterocycles. The van der Waals surface area contributed by atoms with E-state index in [2.05, 4.69) is 34.4 Å². The molecule has 1 aliphatic rings. The summed E-state index contributed by atoms with van der Waals surface area (Å²) < 4.78 is 18.4. The van der Waals surface area contributed by atoms with Crippen LogP contribution in [0.5, 0.6) is 0 Å². The topological polar surface area (TPSA) is 48.9 Å². The van der Waals surface area contributed by atoms with Crippen LogP contribution in [-0.2, 0) is 11.3 Å². The molecular formula is C18H29FN4O. The molecule has 5 nitrogen and oxygen atoms in total. The number of rotatable bonds is 6. The lowest BCUT2D eigenvalue weighted by atomic mass is 10.0. The highest BCUT2D eigenvalue weighted by Crippen LogP contribution is 2.12. The summed E-state index contributed by atoms with van der Waals surface area (Å²) in [6.07, 6.45) is 0. The Kier molecular flexibility index (Phi) is 7.46. The highest BCUT2D eigenvalue weighted by Gasteiger charge is 2.23. The van der Waals surface area contributed by atoms with Crippen LogP contribution in [0.4, 0.5) is 4.39 Å². The van der Waals surface area contributed by atoms with Crippen molar-refractivity contribution >= 4 is 5.96 Å². The van der Waals surface area contributed by atoms with Crippen molar-refractivity contribution in [2.24, 2.45) is 10.9 Å². The number of hydrogen-bond acceptors (Lipinski definition) is 3. The van der Waals surface area contributed by atoms with Crippen molar-refractivity contribution < 1.29 is 9.13 Å². The molecule has 1 fully saturated rings. The van der Waals surface area contributed by atoms with Gasteiger partial charge in [-0.05, 0) is 23.6 Å². The Morgan fingerprint density at radius 3 is 2.46 bits per heavy atom. The van der Waals surface area contributed by atoms with Crippen LogP contribution in [0.2, 0.25) is 0 Å². The van der Waals surface area contributed by atoms with Gasteiger partial charge in [0.15, 0.2) is 5.96 Å². The Morgan fingerprint density at radius 1 is 1.21 bits per heavy atom. The van der Waals surface area contributed by atoms with Crippen LogP contribution in [0.3, 0.4) is 0 Å². The third-order valence-electron chi connectivity index (χ3n) is 4.36. The van der Waals surface area contributed by atoms with Gasteiger partial charge < -0.3 is 15.4 Å². The number of halogens is 1. The van der Waals surface area contributed by atoms with Crippen LogP contribution in [0.25, 0.3) is 0 Å². The third-order valence-corrected chi connectivity index (χ3v) is 4.36. The molecule has 0 spiro atoms. The summed E-state index contributed by atoms with van der Waals surface area (Å²) in [5.74, 6) is 1.09. The van der Waals surface area contributed by atoms with Gasteiger partial charge in [-0.1, -0.05) is 26.0 Å². The Balaban J connectivity index is 1.83. The van der Waals surface area contributed by atoms with Gasteiger partial charge in [-0.15, -0.1) is 0 Å². The van der Waals surface area contributed by atoms with Gasteiger partial charge >= 0.3 is 0 Å². The molecule has 6 heteroatoms. The number of ether oxygens (including phenoxy) is 1. The highest BCUT2D eigenvalue weighted by molar-refractivity contribution is 5.79. The molecule has 1 heterocycles. The molecule has 0 bridgehead atoms. The molecule has 0 radical (unpaired) electrons. The minimum atomic E-state index is -0.216. The average molecular weight is 336 g/mol. The summed E-state index contributed by atoms with van der Waals surface area (Å²) in [7, 11) is 1.76. The van der Waals surface area contributed by atoms with E-state index >= 15 is 0 Å². The molecule has 1 aromatic rings. The van der Waals surface area contributed by atoms with Crippen LogP contribution < -0.4 is 10.6 Å².